The molecule has 0 saturated heterocycles. The van der Waals surface area contributed by atoms with E-state index in [0.717, 1.165) is 22.4 Å². The zero-order valence-corrected chi connectivity index (χ0v) is 24.4. The molecule has 0 atom stereocenters. The van der Waals surface area contributed by atoms with Crippen molar-refractivity contribution in [1.29, 1.82) is 0 Å². The van der Waals surface area contributed by atoms with Crippen LogP contribution in [0.3, 0.4) is 0 Å². The third kappa shape index (κ3) is 8.49. The van der Waals surface area contributed by atoms with E-state index in [4.69, 9.17) is 18.9 Å². The van der Waals surface area contributed by atoms with Gasteiger partial charge in [0.25, 0.3) is 5.91 Å². The second-order valence-corrected chi connectivity index (χ2v) is 9.92. The fourth-order valence-corrected chi connectivity index (χ4v) is 4.24. The standard InChI is InChI=1S/C37H33NO6/c1-2-35(39)44-36-33(14-9-15-34(36)43-26-28-12-7-4-8-13-28)38-37(40)30-18-22-32(23-19-30)42-25-29-16-20-31(21-17-29)41-24-27-10-5-3-6-11-27/h3-23H,2,24-26H2,1H3,(H,38,40). The minimum atomic E-state index is -0.438. The van der Waals surface area contributed by atoms with E-state index in [0.29, 0.717) is 36.0 Å². The van der Waals surface area contributed by atoms with Crippen LogP contribution in [0, 0.1) is 0 Å². The first-order valence-electron chi connectivity index (χ1n) is 14.4. The molecule has 0 fully saturated rings. The molecule has 5 aromatic rings. The number of benzene rings is 5. The van der Waals surface area contributed by atoms with Crippen LogP contribution < -0.4 is 24.3 Å². The maximum Gasteiger partial charge on any atom is 0.311 e. The Hall–Kier alpha value is -5.56. The van der Waals surface area contributed by atoms with Crippen molar-refractivity contribution in [3.63, 3.8) is 0 Å². The molecule has 44 heavy (non-hydrogen) atoms. The quantitative estimate of drug-likeness (QED) is 0.111. The van der Waals surface area contributed by atoms with Gasteiger partial charge in [0.1, 0.15) is 31.3 Å². The van der Waals surface area contributed by atoms with Crippen LogP contribution >= 0.6 is 0 Å². The molecule has 0 spiro atoms. The smallest absolute Gasteiger partial charge is 0.311 e. The van der Waals surface area contributed by atoms with Gasteiger partial charge in [-0.15, -0.1) is 0 Å². The molecule has 0 aliphatic rings. The van der Waals surface area contributed by atoms with Crippen molar-refractivity contribution in [2.75, 3.05) is 5.32 Å². The van der Waals surface area contributed by atoms with Crippen LogP contribution in [-0.4, -0.2) is 11.9 Å². The third-order valence-electron chi connectivity index (χ3n) is 6.66. The number of ether oxygens (including phenoxy) is 4. The lowest BCUT2D eigenvalue weighted by atomic mass is 10.2. The van der Waals surface area contributed by atoms with Crippen molar-refractivity contribution in [2.45, 2.75) is 33.2 Å². The lowest BCUT2D eigenvalue weighted by Crippen LogP contribution is -2.15. The molecular formula is C37H33NO6. The Balaban J connectivity index is 1.18. The molecule has 0 heterocycles. The van der Waals surface area contributed by atoms with Crippen molar-refractivity contribution in [1.82, 2.24) is 0 Å². The molecule has 0 bridgehead atoms. The molecule has 5 aromatic carbocycles. The number of hydrogen-bond acceptors (Lipinski definition) is 6. The van der Waals surface area contributed by atoms with E-state index in [2.05, 4.69) is 5.32 Å². The molecule has 0 unspecified atom stereocenters. The summed E-state index contributed by atoms with van der Waals surface area (Å²) in [5.41, 5.74) is 3.81. The summed E-state index contributed by atoms with van der Waals surface area (Å²) in [5, 5.41) is 2.85. The van der Waals surface area contributed by atoms with Gasteiger partial charge in [0.05, 0.1) is 5.69 Å². The maximum atomic E-state index is 13.1. The number of carbonyl (C=O) groups excluding carboxylic acids is 2. The molecule has 5 rings (SSSR count). The summed E-state index contributed by atoms with van der Waals surface area (Å²) in [5.74, 6) is 1.13. The summed E-state index contributed by atoms with van der Waals surface area (Å²) in [4.78, 5) is 25.3. The molecule has 222 valence electrons. The largest absolute Gasteiger partial charge is 0.489 e. The number of rotatable bonds is 13. The first kappa shape index (κ1) is 29.9. The van der Waals surface area contributed by atoms with Crippen LogP contribution in [0.1, 0.15) is 40.4 Å². The Morgan fingerprint density at radius 2 is 1.09 bits per heavy atom. The predicted octanol–water partition coefficient (Wildman–Crippen LogP) is 7.99. The summed E-state index contributed by atoms with van der Waals surface area (Å²) >= 11 is 0. The topological polar surface area (TPSA) is 83.1 Å². The fourth-order valence-electron chi connectivity index (χ4n) is 4.24. The Labute approximate surface area is 257 Å². The minimum Gasteiger partial charge on any atom is -0.489 e. The molecule has 0 aliphatic carbocycles. The van der Waals surface area contributed by atoms with Crippen molar-refractivity contribution in [2.24, 2.45) is 0 Å². The van der Waals surface area contributed by atoms with E-state index in [1.807, 2.05) is 84.9 Å². The summed E-state index contributed by atoms with van der Waals surface area (Å²) in [6.07, 6.45) is 0.175. The van der Waals surface area contributed by atoms with E-state index in [-0.39, 0.29) is 24.7 Å². The molecule has 1 N–H and O–H groups in total. The highest BCUT2D eigenvalue weighted by Gasteiger charge is 2.18. The van der Waals surface area contributed by atoms with Crippen molar-refractivity contribution in [3.05, 3.63) is 150 Å². The van der Waals surface area contributed by atoms with Crippen molar-refractivity contribution in [3.8, 4) is 23.0 Å². The Morgan fingerprint density at radius 3 is 1.66 bits per heavy atom. The average molecular weight is 588 g/mol. The number of para-hydroxylation sites is 1. The average Bonchev–Trinajstić information content (AvgIpc) is 3.08. The molecule has 7 nitrogen and oxygen atoms in total. The summed E-state index contributed by atoms with van der Waals surface area (Å²) in [6, 6.07) is 39.4. The third-order valence-corrected chi connectivity index (χ3v) is 6.66. The van der Waals surface area contributed by atoms with Gasteiger partial charge < -0.3 is 24.3 Å². The van der Waals surface area contributed by atoms with Gasteiger partial charge in [0, 0.05) is 12.0 Å². The first-order chi connectivity index (χ1) is 21.6. The number of hydrogen-bond donors (Lipinski definition) is 1. The van der Waals surface area contributed by atoms with E-state index in [1.54, 1.807) is 49.4 Å². The molecule has 7 heteroatoms. The molecule has 0 radical (unpaired) electrons. The van der Waals surface area contributed by atoms with Gasteiger partial charge in [-0.1, -0.05) is 85.8 Å². The summed E-state index contributed by atoms with van der Waals surface area (Å²) in [7, 11) is 0. The summed E-state index contributed by atoms with van der Waals surface area (Å²) < 4.78 is 23.3. The number of carbonyl (C=O) groups is 2. The SMILES string of the molecule is CCC(=O)Oc1c(NC(=O)c2ccc(OCc3ccc(OCc4ccccc4)cc3)cc2)cccc1OCc1ccccc1. The van der Waals surface area contributed by atoms with Crippen molar-refractivity contribution < 1.29 is 28.5 Å². The molecule has 1 amide bonds. The molecule has 0 saturated carbocycles. The Morgan fingerprint density at radius 1 is 0.568 bits per heavy atom. The van der Waals surface area contributed by atoms with Crippen molar-refractivity contribution >= 4 is 17.6 Å². The zero-order valence-electron chi connectivity index (χ0n) is 24.4. The lowest BCUT2D eigenvalue weighted by Gasteiger charge is -2.16. The van der Waals surface area contributed by atoms with Gasteiger partial charge in [-0.25, -0.2) is 0 Å². The minimum absolute atomic E-state index is 0.167. The second-order valence-electron chi connectivity index (χ2n) is 9.92. The normalized spacial score (nSPS) is 10.5. The van der Waals surface area contributed by atoms with Crippen LogP contribution in [0.15, 0.2) is 127 Å². The summed E-state index contributed by atoms with van der Waals surface area (Å²) in [6.45, 7) is 2.86. The highest BCUT2D eigenvalue weighted by atomic mass is 16.6. The van der Waals surface area contributed by atoms with Gasteiger partial charge in [-0.3, -0.25) is 9.59 Å². The van der Waals surface area contributed by atoms with E-state index in [9.17, 15) is 9.59 Å². The Bertz CT molecular complexity index is 1650. The van der Waals surface area contributed by atoms with Crippen LogP contribution in [0.2, 0.25) is 0 Å². The van der Waals surface area contributed by atoms with Crippen LogP contribution in [0.25, 0.3) is 0 Å². The van der Waals surface area contributed by atoms with Crippen LogP contribution in [0.5, 0.6) is 23.0 Å². The van der Waals surface area contributed by atoms with Crippen LogP contribution in [0.4, 0.5) is 5.69 Å². The molecule has 0 aromatic heterocycles. The van der Waals surface area contributed by atoms with Gasteiger partial charge in [0.2, 0.25) is 0 Å². The number of amides is 1. The van der Waals surface area contributed by atoms with Gasteiger partial charge in [0.15, 0.2) is 11.5 Å². The molecule has 0 aliphatic heterocycles. The monoisotopic (exact) mass is 587 g/mol. The predicted molar refractivity (Wildman–Crippen MR) is 169 cm³/mol. The highest BCUT2D eigenvalue weighted by Crippen LogP contribution is 2.36. The number of esters is 1. The fraction of sp³-hybridized carbons (Fsp3) is 0.135. The van der Waals surface area contributed by atoms with Crippen LogP contribution in [-0.2, 0) is 24.6 Å². The number of nitrogens with one attached hydrogen (secondary N) is 1. The van der Waals surface area contributed by atoms with Gasteiger partial charge >= 0.3 is 5.97 Å². The van der Waals surface area contributed by atoms with E-state index in [1.165, 1.54) is 0 Å². The van der Waals surface area contributed by atoms with Gasteiger partial charge in [-0.2, -0.15) is 0 Å². The van der Waals surface area contributed by atoms with Gasteiger partial charge in [-0.05, 0) is 65.2 Å². The van der Waals surface area contributed by atoms with E-state index >= 15 is 0 Å². The van der Waals surface area contributed by atoms with E-state index < -0.39 is 5.97 Å². The number of anilines is 1. The zero-order chi connectivity index (χ0) is 30.6. The highest BCUT2D eigenvalue weighted by molar-refractivity contribution is 6.05. The lowest BCUT2D eigenvalue weighted by molar-refractivity contribution is -0.134. The maximum absolute atomic E-state index is 13.1. The molecular weight excluding hydrogens is 554 g/mol. The Kier molecular flexibility index (Phi) is 10.2. The second kappa shape index (κ2) is 15.1. The first-order valence-corrected chi connectivity index (χ1v) is 14.4.